The summed E-state index contributed by atoms with van der Waals surface area (Å²) in [6.45, 7) is 8.16. The van der Waals surface area contributed by atoms with E-state index >= 15 is 0 Å². The number of hydrogen-bond donors (Lipinski definition) is 14. The molecule has 1 aromatic rings. The molecule has 1 aromatic carbocycles. The van der Waals surface area contributed by atoms with Gasteiger partial charge < -0.3 is 87.9 Å². The van der Waals surface area contributed by atoms with Gasteiger partial charge in [-0.3, -0.25) is 38.4 Å². The normalized spacial score (nSPS) is 26.8. The molecule has 0 bridgehead atoms. The van der Waals surface area contributed by atoms with Gasteiger partial charge in [-0.2, -0.15) is 0 Å². The monoisotopic (exact) mass is 1160 g/mol. The van der Waals surface area contributed by atoms with Gasteiger partial charge in [0.2, 0.25) is 47.3 Å². The smallest absolute Gasteiger partial charge is 0.423 e. The number of hydrogen-bond acceptors (Lipinski definition) is 17. The third-order valence-corrected chi connectivity index (χ3v) is 15.9. The summed E-state index contributed by atoms with van der Waals surface area (Å²) in [6, 6.07) is -6.05. The quantitative estimate of drug-likeness (QED) is 0.0304. The van der Waals surface area contributed by atoms with Gasteiger partial charge in [0.1, 0.15) is 36.3 Å². The maximum Gasteiger partial charge on any atom is 0.488 e. The van der Waals surface area contributed by atoms with Gasteiger partial charge in [-0.25, -0.2) is 0 Å². The molecule has 15 N–H and O–H groups in total. The fourth-order valence-corrected chi connectivity index (χ4v) is 10.9. The Balaban J connectivity index is 1.74. The molecule has 14 atom stereocenters. The zero-order chi connectivity index (χ0) is 60.8. The highest BCUT2D eigenvalue weighted by molar-refractivity contribution is 6.58. The van der Waals surface area contributed by atoms with Crippen LogP contribution in [0.25, 0.3) is 0 Å². The number of nitrogens with one attached hydrogen (secondary N) is 6. The van der Waals surface area contributed by atoms with E-state index in [4.69, 9.17) is 5.73 Å². The number of primary amides is 1. The Bertz CT molecular complexity index is 2230. The van der Waals surface area contributed by atoms with Crippen molar-refractivity contribution in [2.75, 3.05) is 46.8 Å². The number of carbonyl (C=O) groups excluding carboxylic acids is 8. The van der Waals surface area contributed by atoms with E-state index in [0.29, 0.717) is 43.3 Å². The zero-order valence-electron chi connectivity index (χ0n) is 48.8. The van der Waals surface area contributed by atoms with Crippen molar-refractivity contribution in [2.24, 2.45) is 17.6 Å². The Labute approximate surface area is 482 Å². The van der Waals surface area contributed by atoms with Crippen molar-refractivity contribution in [1.29, 1.82) is 0 Å². The SMILES string of the molecule is CC[C@H](C)C[C@H](C)CCCCCCCCC(=O)N[C@H]1C[C@@H](O)[C@@H](CNCCCN(C)C)NC(=O)C2[C@@H](O)CCN2C(=O)C(CCC(N)=O)NC(=O)C(C(O)Cc2ccc(B(O)O)cc2)NC(=O)C2C[C@@H](O)CN2C(=O)C([C@@H](C)O)NC1=O. The van der Waals surface area contributed by atoms with Crippen LogP contribution in [0.1, 0.15) is 136 Å². The van der Waals surface area contributed by atoms with Crippen molar-refractivity contribution in [3.8, 4) is 0 Å². The van der Waals surface area contributed by atoms with Crippen LogP contribution in [0.5, 0.6) is 0 Å². The van der Waals surface area contributed by atoms with Gasteiger partial charge in [0.05, 0.1) is 36.6 Å². The summed E-state index contributed by atoms with van der Waals surface area (Å²) in [5, 5.41) is 92.8. The third-order valence-electron chi connectivity index (χ3n) is 15.9. The van der Waals surface area contributed by atoms with Crippen molar-refractivity contribution in [1.82, 2.24) is 46.6 Å². The molecule has 0 radical (unpaired) electrons. The number of amides is 8. The van der Waals surface area contributed by atoms with Crippen LogP contribution in [0.3, 0.4) is 0 Å². The highest BCUT2D eigenvalue weighted by atomic mass is 16.4. The molecule has 462 valence electrons. The van der Waals surface area contributed by atoms with Crippen molar-refractivity contribution in [2.45, 2.75) is 210 Å². The summed E-state index contributed by atoms with van der Waals surface area (Å²) >= 11 is 0. The second-order valence-electron chi connectivity index (χ2n) is 23.3. The summed E-state index contributed by atoms with van der Waals surface area (Å²) in [4.78, 5) is 117. The molecule has 3 heterocycles. The number of rotatable bonds is 27. The van der Waals surface area contributed by atoms with E-state index in [1.807, 2.05) is 19.0 Å². The summed E-state index contributed by atoms with van der Waals surface area (Å²) in [5.41, 5.74) is 5.95. The number of aliphatic hydroxyl groups excluding tert-OH is 5. The van der Waals surface area contributed by atoms with E-state index in [2.05, 4.69) is 52.7 Å². The van der Waals surface area contributed by atoms with E-state index in [1.54, 1.807) is 0 Å². The second-order valence-corrected chi connectivity index (χ2v) is 23.3. The Hall–Kier alpha value is -5.32. The molecule has 0 aromatic heterocycles. The van der Waals surface area contributed by atoms with Crippen LogP contribution in [0.15, 0.2) is 24.3 Å². The lowest BCUT2D eigenvalue weighted by Crippen LogP contribution is -2.62. The Morgan fingerprint density at radius 2 is 1.43 bits per heavy atom. The van der Waals surface area contributed by atoms with E-state index in [1.165, 1.54) is 37.6 Å². The molecule has 3 aliphatic rings. The average Bonchev–Trinajstić information content (AvgIpc) is 4.02. The van der Waals surface area contributed by atoms with Gasteiger partial charge in [-0.15, -0.1) is 0 Å². The average molecular weight is 1160 g/mol. The molecule has 4 rings (SSSR count). The Morgan fingerprint density at radius 1 is 0.768 bits per heavy atom. The highest BCUT2D eigenvalue weighted by Gasteiger charge is 2.47. The minimum absolute atomic E-state index is 0.00231. The van der Waals surface area contributed by atoms with E-state index in [0.717, 1.165) is 54.7 Å². The molecule has 26 heteroatoms. The number of aliphatic hydroxyl groups is 5. The summed E-state index contributed by atoms with van der Waals surface area (Å²) < 4.78 is 0. The first-order valence-corrected chi connectivity index (χ1v) is 29.4. The number of nitrogens with zero attached hydrogens (tertiary/aromatic N) is 3. The highest BCUT2D eigenvalue weighted by Crippen LogP contribution is 2.25. The van der Waals surface area contributed by atoms with Crippen LogP contribution in [0.4, 0.5) is 0 Å². The molecule has 82 heavy (non-hydrogen) atoms. The largest absolute Gasteiger partial charge is 0.488 e. The van der Waals surface area contributed by atoms with Crippen molar-refractivity contribution in [3.63, 3.8) is 0 Å². The van der Waals surface area contributed by atoms with Crippen LogP contribution >= 0.6 is 0 Å². The number of carbonyl (C=O) groups is 8. The molecular weight excluding hydrogens is 1060 g/mol. The number of nitrogens with two attached hydrogens (primary N) is 1. The third kappa shape index (κ3) is 22.0. The molecule has 8 amide bonds. The lowest BCUT2D eigenvalue weighted by molar-refractivity contribution is -0.146. The Morgan fingerprint density at radius 3 is 2.06 bits per heavy atom. The minimum Gasteiger partial charge on any atom is -0.423 e. The predicted octanol–water partition coefficient (Wildman–Crippen LogP) is -3.24. The van der Waals surface area contributed by atoms with E-state index in [-0.39, 0.29) is 37.8 Å². The molecule has 3 fully saturated rings. The van der Waals surface area contributed by atoms with Crippen LogP contribution in [-0.2, 0) is 44.8 Å². The summed E-state index contributed by atoms with van der Waals surface area (Å²) in [7, 11) is 1.95. The molecule has 0 spiro atoms. The molecule has 3 aliphatic heterocycles. The van der Waals surface area contributed by atoms with Gasteiger partial charge in [0.15, 0.2) is 0 Å². The van der Waals surface area contributed by atoms with E-state index < -0.39 is 159 Å². The zero-order valence-corrected chi connectivity index (χ0v) is 48.8. The standard InChI is InChI=1S/C56H95BN10O15/c1-7-33(2)27-34(3)15-12-10-8-9-11-13-16-47(74)60-40-30-44(71)41(31-59-24-14-25-65(5)6)62-54(78)50-43(70)23-26-66(50)55(79)39(21-22-46(58)73)61-53(77)49(45(72)28-36-17-19-37(20-18-36)57(81)82)64-52(76)42-29-38(69)32-67(42)56(80)48(35(4)68)63-51(40)75/h17-20,33-35,38-45,48-50,59,68-72,81-82H,7-16,21-32H2,1-6H3,(H2,58,73)(H,60,74)(H,61,77)(H,62,78)(H,63,75)(H,64,76)/t33-,34+,35+,38+,39?,40-,41+,42?,43-,44+,45?,48?,49?,50?/m0/s1. The number of unbranched alkanes of at least 4 members (excludes halogenated alkanes) is 5. The Kier molecular flexibility index (Phi) is 29.1. The lowest BCUT2D eigenvalue weighted by Gasteiger charge is -2.33. The predicted molar refractivity (Wildman–Crippen MR) is 305 cm³/mol. The summed E-state index contributed by atoms with van der Waals surface area (Å²) in [5.74, 6) is -6.38. The minimum atomic E-state index is -1.96. The van der Waals surface area contributed by atoms with Crippen LogP contribution in [-0.4, -0.2) is 224 Å². The van der Waals surface area contributed by atoms with Crippen LogP contribution in [0.2, 0.25) is 0 Å². The maximum absolute atomic E-state index is 14.7. The molecule has 25 nitrogen and oxygen atoms in total. The molecule has 6 unspecified atom stereocenters. The molecule has 0 saturated carbocycles. The molecular formula is C56H95BN10O15. The van der Waals surface area contributed by atoms with Gasteiger partial charge in [-0.05, 0) is 89.1 Å². The van der Waals surface area contributed by atoms with E-state index in [9.17, 15) is 73.9 Å². The first-order chi connectivity index (χ1) is 38.8. The second kappa shape index (κ2) is 34.5. The first-order valence-electron chi connectivity index (χ1n) is 29.4. The fourth-order valence-electron chi connectivity index (χ4n) is 10.9. The van der Waals surface area contributed by atoms with Gasteiger partial charge in [0.25, 0.3) is 0 Å². The van der Waals surface area contributed by atoms with Gasteiger partial charge in [-0.1, -0.05) is 90.0 Å². The topological polar surface area (TPSA) is 386 Å². The number of benzene rings is 1. The van der Waals surface area contributed by atoms with Crippen LogP contribution in [0, 0.1) is 11.8 Å². The van der Waals surface area contributed by atoms with Crippen molar-refractivity contribution < 1.29 is 73.9 Å². The number of fused-ring (bicyclic) bond motifs is 2. The maximum atomic E-state index is 14.7. The lowest BCUT2D eigenvalue weighted by atomic mass is 9.80. The molecule has 0 aliphatic carbocycles. The van der Waals surface area contributed by atoms with Crippen LogP contribution < -0.4 is 43.1 Å². The summed E-state index contributed by atoms with van der Waals surface area (Å²) in [6.07, 6.45) is -1.01. The van der Waals surface area contributed by atoms with Gasteiger partial charge >= 0.3 is 7.12 Å². The molecule has 3 saturated heterocycles. The van der Waals surface area contributed by atoms with Crippen molar-refractivity contribution >= 4 is 59.8 Å². The first kappa shape index (κ1) is 69.2. The van der Waals surface area contributed by atoms with Crippen molar-refractivity contribution in [3.05, 3.63) is 29.8 Å². The fraction of sp³-hybridized carbons (Fsp3) is 0.750. The van der Waals surface area contributed by atoms with Gasteiger partial charge in [0, 0.05) is 51.7 Å².